The standard InChI is InChI=1S/C26H30F3NO/c27-26(28,29)24-15-20(10-11-23(24)18-6-2-1-3-7-18)21-14-22(17-31-16-21)30-13-12-19-8-4-5-9-25(19)30/h4-5,8-11,15,18,21-22H,1-3,6-7,12-14,16-17H2. The van der Waals surface area contributed by atoms with E-state index < -0.39 is 11.7 Å². The van der Waals surface area contributed by atoms with Crippen LogP contribution in [0.15, 0.2) is 42.5 Å². The first kappa shape index (κ1) is 20.9. The van der Waals surface area contributed by atoms with Crippen LogP contribution in [0.5, 0.6) is 0 Å². The highest BCUT2D eigenvalue weighted by molar-refractivity contribution is 5.58. The van der Waals surface area contributed by atoms with E-state index >= 15 is 0 Å². The number of benzene rings is 2. The van der Waals surface area contributed by atoms with Gasteiger partial charge in [0.05, 0.1) is 24.8 Å². The van der Waals surface area contributed by atoms with E-state index in [1.54, 1.807) is 6.07 Å². The molecule has 1 saturated heterocycles. The molecule has 2 aromatic carbocycles. The molecule has 2 fully saturated rings. The maximum Gasteiger partial charge on any atom is 0.416 e. The monoisotopic (exact) mass is 429 g/mol. The average Bonchev–Trinajstić information content (AvgIpc) is 3.23. The minimum Gasteiger partial charge on any atom is -0.379 e. The van der Waals surface area contributed by atoms with Gasteiger partial charge in [-0.25, -0.2) is 0 Å². The quantitative estimate of drug-likeness (QED) is 0.539. The third kappa shape index (κ3) is 4.21. The predicted octanol–water partition coefficient (Wildman–Crippen LogP) is 6.69. The summed E-state index contributed by atoms with van der Waals surface area (Å²) in [6, 6.07) is 13.8. The third-order valence-corrected chi connectivity index (χ3v) is 7.45. The van der Waals surface area contributed by atoms with Crippen molar-refractivity contribution in [2.45, 2.75) is 69.0 Å². The average molecular weight is 430 g/mol. The van der Waals surface area contributed by atoms with E-state index in [1.165, 1.54) is 17.3 Å². The number of rotatable bonds is 3. The molecule has 0 bridgehead atoms. The zero-order chi connectivity index (χ0) is 21.4. The second-order valence-corrected chi connectivity index (χ2v) is 9.38. The number of anilines is 1. The number of nitrogens with zero attached hydrogens (tertiary/aromatic N) is 1. The summed E-state index contributed by atoms with van der Waals surface area (Å²) in [6.45, 7) is 2.08. The Morgan fingerprint density at radius 2 is 1.71 bits per heavy atom. The van der Waals surface area contributed by atoms with Crippen molar-refractivity contribution >= 4 is 5.69 Å². The minimum absolute atomic E-state index is 0.00646. The molecule has 2 atom stereocenters. The molecule has 0 N–H and O–H groups in total. The molecular weight excluding hydrogens is 399 g/mol. The van der Waals surface area contributed by atoms with Crippen molar-refractivity contribution in [1.29, 1.82) is 0 Å². The fourth-order valence-corrected chi connectivity index (χ4v) is 5.85. The molecule has 2 heterocycles. The van der Waals surface area contributed by atoms with Gasteiger partial charge in [-0.15, -0.1) is 0 Å². The van der Waals surface area contributed by atoms with Crippen LogP contribution in [0.25, 0.3) is 0 Å². The summed E-state index contributed by atoms with van der Waals surface area (Å²) in [5.74, 6) is 0.0314. The first-order valence-electron chi connectivity index (χ1n) is 11.6. The Balaban J connectivity index is 1.39. The Bertz CT molecular complexity index is 919. The molecule has 0 radical (unpaired) electrons. The molecule has 2 unspecified atom stereocenters. The Morgan fingerprint density at radius 1 is 0.903 bits per heavy atom. The number of fused-ring (bicyclic) bond motifs is 1. The Hall–Kier alpha value is -2.01. The lowest BCUT2D eigenvalue weighted by atomic mass is 9.80. The molecular formula is C26H30F3NO. The van der Waals surface area contributed by atoms with Gasteiger partial charge in [0.2, 0.25) is 0 Å². The topological polar surface area (TPSA) is 12.5 Å². The summed E-state index contributed by atoms with van der Waals surface area (Å²) in [4.78, 5) is 2.39. The van der Waals surface area contributed by atoms with Crippen LogP contribution in [0.1, 0.15) is 72.6 Å². The van der Waals surface area contributed by atoms with E-state index in [1.807, 2.05) is 6.07 Å². The van der Waals surface area contributed by atoms with E-state index in [0.717, 1.165) is 57.1 Å². The van der Waals surface area contributed by atoms with Gasteiger partial charge < -0.3 is 9.64 Å². The van der Waals surface area contributed by atoms with Gasteiger partial charge in [-0.3, -0.25) is 0 Å². The van der Waals surface area contributed by atoms with Crippen molar-refractivity contribution in [2.75, 3.05) is 24.7 Å². The van der Waals surface area contributed by atoms with Crippen molar-refractivity contribution in [3.63, 3.8) is 0 Å². The van der Waals surface area contributed by atoms with Crippen LogP contribution >= 0.6 is 0 Å². The lowest BCUT2D eigenvalue weighted by Crippen LogP contribution is -2.42. The third-order valence-electron chi connectivity index (χ3n) is 7.45. The highest BCUT2D eigenvalue weighted by Gasteiger charge is 2.37. The van der Waals surface area contributed by atoms with Gasteiger partial charge in [-0.1, -0.05) is 49.6 Å². The van der Waals surface area contributed by atoms with Gasteiger partial charge in [-0.2, -0.15) is 13.2 Å². The summed E-state index contributed by atoms with van der Waals surface area (Å²) in [5, 5.41) is 0. The van der Waals surface area contributed by atoms with Gasteiger partial charge in [0.1, 0.15) is 0 Å². The Kier molecular flexibility index (Phi) is 5.72. The lowest BCUT2D eigenvalue weighted by Gasteiger charge is -2.37. The molecule has 2 nitrogen and oxygen atoms in total. The summed E-state index contributed by atoms with van der Waals surface area (Å²) >= 11 is 0. The van der Waals surface area contributed by atoms with Crippen molar-refractivity contribution < 1.29 is 17.9 Å². The van der Waals surface area contributed by atoms with E-state index in [2.05, 4.69) is 29.2 Å². The maximum atomic E-state index is 14.0. The van der Waals surface area contributed by atoms with Gasteiger partial charge >= 0.3 is 6.18 Å². The van der Waals surface area contributed by atoms with Gasteiger partial charge in [-0.05, 0) is 60.4 Å². The molecule has 1 saturated carbocycles. The number of hydrogen-bond acceptors (Lipinski definition) is 2. The van der Waals surface area contributed by atoms with Crippen LogP contribution < -0.4 is 4.90 Å². The number of para-hydroxylation sites is 1. The number of alkyl halides is 3. The van der Waals surface area contributed by atoms with Crippen LogP contribution in [-0.2, 0) is 17.3 Å². The predicted molar refractivity (Wildman–Crippen MR) is 117 cm³/mol. The maximum absolute atomic E-state index is 14.0. The first-order valence-corrected chi connectivity index (χ1v) is 11.6. The normalized spacial score (nSPS) is 24.9. The second kappa shape index (κ2) is 8.50. The van der Waals surface area contributed by atoms with E-state index in [0.29, 0.717) is 18.8 Å². The van der Waals surface area contributed by atoms with Crippen molar-refractivity contribution in [2.24, 2.45) is 0 Å². The number of hydrogen-bond donors (Lipinski definition) is 0. The van der Waals surface area contributed by atoms with Gasteiger partial charge in [0, 0.05) is 18.2 Å². The molecule has 2 aliphatic heterocycles. The lowest BCUT2D eigenvalue weighted by molar-refractivity contribution is -0.138. The summed E-state index contributed by atoms with van der Waals surface area (Å²) in [7, 11) is 0. The fraction of sp³-hybridized carbons (Fsp3) is 0.538. The van der Waals surface area contributed by atoms with Gasteiger partial charge in [0.15, 0.2) is 0 Å². The summed E-state index contributed by atoms with van der Waals surface area (Å²) < 4.78 is 47.9. The van der Waals surface area contributed by atoms with E-state index in [9.17, 15) is 13.2 Å². The largest absolute Gasteiger partial charge is 0.416 e. The van der Waals surface area contributed by atoms with Crippen LogP contribution in [0, 0.1) is 0 Å². The molecule has 31 heavy (non-hydrogen) atoms. The zero-order valence-electron chi connectivity index (χ0n) is 17.8. The number of ether oxygens (including phenoxy) is 1. The van der Waals surface area contributed by atoms with Crippen molar-refractivity contribution in [3.8, 4) is 0 Å². The minimum atomic E-state index is -4.31. The van der Waals surface area contributed by atoms with Crippen LogP contribution in [0.3, 0.4) is 0 Å². The highest BCUT2D eigenvalue weighted by Crippen LogP contribution is 2.43. The Morgan fingerprint density at radius 3 is 2.52 bits per heavy atom. The van der Waals surface area contributed by atoms with Crippen LogP contribution in [0.4, 0.5) is 18.9 Å². The van der Waals surface area contributed by atoms with Crippen molar-refractivity contribution in [3.05, 3.63) is 64.7 Å². The summed E-state index contributed by atoms with van der Waals surface area (Å²) in [5.41, 5.74) is 3.44. The molecule has 166 valence electrons. The van der Waals surface area contributed by atoms with Crippen LogP contribution in [-0.4, -0.2) is 25.8 Å². The van der Waals surface area contributed by atoms with Crippen LogP contribution in [0.2, 0.25) is 0 Å². The molecule has 3 aliphatic rings. The highest BCUT2D eigenvalue weighted by atomic mass is 19.4. The van der Waals surface area contributed by atoms with Gasteiger partial charge in [0.25, 0.3) is 0 Å². The summed E-state index contributed by atoms with van der Waals surface area (Å²) in [6.07, 6.45) is 2.46. The SMILES string of the molecule is FC(F)(F)c1cc(C2COCC(N3CCc4ccccc43)C2)ccc1C1CCCCC1. The Labute approximate surface area is 182 Å². The van der Waals surface area contributed by atoms with E-state index in [4.69, 9.17) is 4.74 Å². The molecule has 0 aromatic heterocycles. The second-order valence-electron chi connectivity index (χ2n) is 9.38. The fourth-order valence-electron chi connectivity index (χ4n) is 5.85. The first-order chi connectivity index (χ1) is 15.0. The van der Waals surface area contributed by atoms with Crippen molar-refractivity contribution in [1.82, 2.24) is 0 Å². The molecule has 0 spiro atoms. The molecule has 5 heteroatoms. The molecule has 5 rings (SSSR count). The molecule has 2 aromatic rings. The molecule has 1 aliphatic carbocycles. The zero-order valence-corrected chi connectivity index (χ0v) is 17.8. The smallest absolute Gasteiger partial charge is 0.379 e. The molecule has 0 amide bonds. The number of halogens is 3. The van der Waals surface area contributed by atoms with E-state index in [-0.39, 0.29) is 17.9 Å².